The van der Waals surface area contributed by atoms with Crippen LogP contribution in [0.25, 0.3) is 0 Å². The van der Waals surface area contributed by atoms with Crippen LogP contribution in [0.4, 0.5) is 0 Å². The molecule has 0 aromatic heterocycles. The van der Waals surface area contributed by atoms with Gasteiger partial charge in [-0.25, -0.2) is 4.79 Å². The van der Waals surface area contributed by atoms with E-state index >= 15 is 0 Å². The van der Waals surface area contributed by atoms with Crippen molar-refractivity contribution in [3.63, 3.8) is 0 Å². The highest BCUT2D eigenvalue weighted by molar-refractivity contribution is 9.10. The lowest BCUT2D eigenvalue weighted by atomic mass is 9.87. The molecule has 0 aliphatic rings. The van der Waals surface area contributed by atoms with Crippen LogP contribution in [0.3, 0.4) is 0 Å². The van der Waals surface area contributed by atoms with Crippen molar-refractivity contribution in [2.45, 2.75) is 58.4 Å². The van der Waals surface area contributed by atoms with E-state index in [4.69, 9.17) is 4.74 Å². The lowest BCUT2D eigenvalue weighted by molar-refractivity contribution is -0.149. The molecule has 0 atom stereocenters. The maximum absolute atomic E-state index is 11.9. The fourth-order valence-corrected chi connectivity index (χ4v) is 2.71. The first-order valence-corrected chi connectivity index (χ1v) is 9.09. The van der Waals surface area contributed by atoms with Crippen LogP contribution in [0, 0.1) is 0 Å². The zero-order valence-electron chi connectivity index (χ0n) is 15.9. The van der Waals surface area contributed by atoms with Gasteiger partial charge in [0, 0.05) is 6.42 Å². The van der Waals surface area contributed by atoms with E-state index in [1.165, 1.54) is 12.7 Å². The summed E-state index contributed by atoms with van der Waals surface area (Å²) < 4.78 is 11.3. The normalized spacial score (nSPS) is 11.8. The standard InChI is InChI=1S/C19H28BrNO4/c1-18(2,3)13-9-10-15(14(20)12-13)25-11-7-8-16(22)21-19(4,5)17(23)24-6/h9-10,12H,7-8,11H2,1-6H3,(H,21,22). The van der Waals surface area contributed by atoms with Gasteiger partial charge in [0.2, 0.25) is 5.91 Å². The Bertz CT molecular complexity index is 620. The van der Waals surface area contributed by atoms with Gasteiger partial charge in [0.25, 0.3) is 0 Å². The first-order chi connectivity index (χ1) is 11.5. The van der Waals surface area contributed by atoms with E-state index in [9.17, 15) is 9.59 Å². The second-order valence-corrected chi connectivity index (χ2v) is 8.37. The molecule has 0 fully saturated rings. The third kappa shape index (κ3) is 6.69. The molecule has 0 spiro atoms. The number of benzene rings is 1. The van der Waals surface area contributed by atoms with Crippen molar-refractivity contribution in [2.24, 2.45) is 0 Å². The summed E-state index contributed by atoms with van der Waals surface area (Å²) in [6, 6.07) is 6.04. The molecule has 0 radical (unpaired) electrons. The predicted molar refractivity (Wildman–Crippen MR) is 102 cm³/mol. The molecule has 0 aliphatic heterocycles. The van der Waals surface area contributed by atoms with Gasteiger partial charge in [0.05, 0.1) is 18.2 Å². The number of hydrogen-bond donors (Lipinski definition) is 1. The number of methoxy groups -OCH3 is 1. The summed E-state index contributed by atoms with van der Waals surface area (Å²) in [6.45, 7) is 10.1. The molecular formula is C19H28BrNO4. The van der Waals surface area contributed by atoms with Gasteiger partial charge in [-0.05, 0) is 59.3 Å². The van der Waals surface area contributed by atoms with Gasteiger partial charge in [0.1, 0.15) is 11.3 Å². The van der Waals surface area contributed by atoms with E-state index in [1.54, 1.807) is 13.8 Å². The second-order valence-electron chi connectivity index (χ2n) is 7.51. The summed E-state index contributed by atoms with van der Waals surface area (Å²) in [4.78, 5) is 23.5. The maximum atomic E-state index is 11.9. The Balaban J connectivity index is 2.46. The molecule has 1 amide bonds. The zero-order chi connectivity index (χ0) is 19.3. The van der Waals surface area contributed by atoms with Crippen molar-refractivity contribution < 1.29 is 19.1 Å². The monoisotopic (exact) mass is 413 g/mol. The number of halogens is 1. The molecule has 0 aliphatic carbocycles. The molecule has 0 unspecified atom stereocenters. The predicted octanol–water partition coefficient (Wildman–Crippen LogP) is 3.97. The number of amides is 1. The summed E-state index contributed by atoms with van der Waals surface area (Å²) in [5, 5.41) is 2.66. The smallest absolute Gasteiger partial charge is 0.330 e. The number of hydrogen-bond acceptors (Lipinski definition) is 4. The van der Waals surface area contributed by atoms with Gasteiger partial charge in [-0.1, -0.05) is 26.8 Å². The van der Waals surface area contributed by atoms with Gasteiger partial charge in [0.15, 0.2) is 0 Å². The highest BCUT2D eigenvalue weighted by atomic mass is 79.9. The average Bonchev–Trinajstić information content (AvgIpc) is 2.50. The number of carbonyl (C=O) groups excluding carboxylic acids is 2. The van der Waals surface area contributed by atoms with E-state index in [0.717, 1.165) is 10.2 Å². The molecular weight excluding hydrogens is 386 g/mol. The molecule has 0 bridgehead atoms. The minimum absolute atomic E-state index is 0.0750. The largest absolute Gasteiger partial charge is 0.492 e. The van der Waals surface area contributed by atoms with Crippen molar-refractivity contribution in [2.75, 3.05) is 13.7 Å². The Morgan fingerprint density at radius 3 is 2.32 bits per heavy atom. The highest BCUT2D eigenvalue weighted by Gasteiger charge is 2.30. The average molecular weight is 414 g/mol. The van der Waals surface area contributed by atoms with E-state index in [1.807, 2.05) is 12.1 Å². The third-order valence-corrected chi connectivity index (χ3v) is 4.37. The minimum atomic E-state index is -1.03. The van der Waals surface area contributed by atoms with Crippen molar-refractivity contribution in [3.8, 4) is 5.75 Å². The number of nitrogens with one attached hydrogen (secondary N) is 1. The summed E-state index contributed by atoms with van der Waals surface area (Å²) in [7, 11) is 1.30. The number of rotatable bonds is 7. The molecule has 140 valence electrons. The third-order valence-electron chi connectivity index (χ3n) is 3.75. The number of esters is 1. The Kier molecular flexibility index (Phi) is 7.47. The van der Waals surface area contributed by atoms with Gasteiger partial charge < -0.3 is 14.8 Å². The van der Waals surface area contributed by atoms with Crippen LogP contribution in [0.5, 0.6) is 5.75 Å². The number of carbonyl (C=O) groups is 2. The van der Waals surface area contributed by atoms with Crippen molar-refractivity contribution in [1.82, 2.24) is 5.32 Å². The van der Waals surface area contributed by atoms with Crippen LogP contribution < -0.4 is 10.1 Å². The van der Waals surface area contributed by atoms with E-state index in [-0.39, 0.29) is 17.7 Å². The molecule has 0 heterocycles. The molecule has 25 heavy (non-hydrogen) atoms. The Hall–Kier alpha value is -1.56. The molecule has 1 rings (SSSR count). The topological polar surface area (TPSA) is 64.6 Å². The summed E-state index contributed by atoms with van der Waals surface area (Å²) >= 11 is 3.53. The van der Waals surface area contributed by atoms with Gasteiger partial charge in [-0.3, -0.25) is 4.79 Å². The van der Waals surface area contributed by atoms with Crippen LogP contribution in [-0.2, 0) is 19.7 Å². The zero-order valence-corrected chi connectivity index (χ0v) is 17.5. The lowest BCUT2D eigenvalue weighted by Gasteiger charge is -2.23. The van der Waals surface area contributed by atoms with Crippen LogP contribution in [0.2, 0.25) is 0 Å². The van der Waals surface area contributed by atoms with E-state index in [0.29, 0.717) is 13.0 Å². The van der Waals surface area contributed by atoms with Crippen molar-refractivity contribution in [1.29, 1.82) is 0 Å². The Labute approximate surface area is 158 Å². The highest BCUT2D eigenvalue weighted by Crippen LogP contribution is 2.31. The summed E-state index contributed by atoms with van der Waals surface area (Å²) in [6.07, 6.45) is 0.828. The Morgan fingerprint density at radius 2 is 1.80 bits per heavy atom. The molecule has 6 heteroatoms. The summed E-state index contributed by atoms with van der Waals surface area (Å²) in [5.74, 6) is 0.0735. The molecule has 1 N–H and O–H groups in total. The van der Waals surface area contributed by atoms with Gasteiger partial charge in [-0.15, -0.1) is 0 Å². The van der Waals surface area contributed by atoms with Crippen molar-refractivity contribution >= 4 is 27.8 Å². The number of ether oxygens (including phenoxy) is 2. The van der Waals surface area contributed by atoms with Gasteiger partial charge in [-0.2, -0.15) is 0 Å². The fraction of sp³-hybridized carbons (Fsp3) is 0.579. The fourth-order valence-electron chi connectivity index (χ4n) is 2.22. The first-order valence-electron chi connectivity index (χ1n) is 8.29. The van der Waals surface area contributed by atoms with E-state index < -0.39 is 11.5 Å². The molecule has 1 aromatic carbocycles. The second kappa shape index (κ2) is 8.70. The van der Waals surface area contributed by atoms with Gasteiger partial charge >= 0.3 is 5.97 Å². The lowest BCUT2D eigenvalue weighted by Crippen LogP contribution is -2.50. The van der Waals surface area contributed by atoms with E-state index in [2.05, 4.69) is 52.8 Å². The first kappa shape index (κ1) is 21.5. The maximum Gasteiger partial charge on any atom is 0.330 e. The minimum Gasteiger partial charge on any atom is -0.492 e. The molecule has 1 aromatic rings. The molecule has 0 saturated heterocycles. The van der Waals surface area contributed by atoms with Crippen LogP contribution in [0.15, 0.2) is 22.7 Å². The molecule has 5 nitrogen and oxygen atoms in total. The van der Waals surface area contributed by atoms with Crippen LogP contribution >= 0.6 is 15.9 Å². The molecule has 0 saturated carbocycles. The summed E-state index contributed by atoms with van der Waals surface area (Å²) in [5.41, 5.74) is 0.264. The van der Waals surface area contributed by atoms with Crippen LogP contribution in [-0.4, -0.2) is 31.1 Å². The Morgan fingerprint density at radius 1 is 1.16 bits per heavy atom. The SMILES string of the molecule is COC(=O)C(C)(C)NC(=O)CCCOc1ccc(C(C)(C)C)cc1Br. The van der Waals surface area contributed by atoms with Crippen LogP contribution in [0.1, 0.15) is 53.0 Å². The quantitative estimate of drug-likeness (QED) is 0.542. The van der Waals surface area contributed by atoms with Crippen molar-refractivity contribution in [3.05, 3.63) is 28.2 Å².